The summed E-state index contributed by atoms with van der Waals surface area (Å²) in [5, 5.41) is 4.53. The van der Waals surface area contributed by atoms with E-state index in [9.17, 15) is 0 Å². The summed E-state index contributed by atoms with van der Waals surface area (Å²) in [6.45, 7) is 6.79. The van der Waals surface area contributed by atoms with Crippen LogP contribution in [0.1, 0.15) is 25.1 Å². The first-order valence-electron chi connectivity index (χ1n) is 5.78. The fourth-order valence-electron chi connectivity index (χ4n) is 1.93. The monoisotopic (exact) mass is 293 g/mol. The molecule has 0 aliphatic heterocycles. The van der Waals surface area contributed by atoms with Crippen LogP contribution in [0.15, 0.2) is 45.8 Å². The number of para-hydroxylation sites is 1. The highest BCUT2D eigenvalue weighted by atomic mass is 79.9. The van der Waals surface area contributed by atoms with Gasteiger partial charge in [0.1, 0.15) is 11.3 Å². The number of fused-ring (bicyclic) bond motifs is 1. The minimum atomic E-state index is 0.205. The molecule has 1 aromatic heterocycles. The number of hydrogen-bond donors (Lipinski definition) is 1. The number of nitrogens with one attached hydrogen (secondary N) is 1. The molecule has 0 aliphatic rings. The molecule has 0 amide bonds. The molecular formula is C14H16BrNO. The minimum absolute atomic E-state index is 0.205. The van der Waals surface area contributed by atoms with E-state index in [0.717, 1.165) is 34.2 Å². The Kier molecular flexibility index (Phi) is 4.02. The van der Waals surface area contributed by atoms with E-state index >= 15 is 0 Å². The Morgan fingerprint density at radius 1 is 1.53 bits per heavy atom. The molecular weight excluding hydrogens is 278 g/mol. The van der Waals surface area contributed by atoms with Gasteiger partial charge in [-0.05, 0) is 41.0 Å². The van der Waals surface area contributed by atoms with Crippen molar-refractivity contribution in [3.05, 3.63) is 47.2 Å². The second-order valence-corrected chi connectivity index (χ2v) is 4.80. The third-order valence-corrected chi connectivity index (χ3v) is 3.34. The van der Waals surface area contributed by atoms with Crippen LogP contribution in [0, 0.1) is 0 Å². The number of halogens is 1. The molecule has 0 spiro atoms. The van der Waals surface area contributed by atoms with E-state index in [1.165, 1.54) is 0 Å². The first kappa shape index (κ1) is 12.4. The van der Waals surface area contributed by atoms with Crippen molar-refractivity contribution in [2.45, 2.75) is 19.4 Å². The summed E-state index contributed by atoms with van der Waals surface area (Å²) in [7, 11) is 0. The van der Waals surface area contributed by atoms with Crippen LogP contribution in [-0.2, 0) is 0 Å². The van der Waals surface area contributed by atoms with Crippen LogP contribution >= 0.6 is 15.9 Å². The molecule has 0 fully saturated rings. The summed E-state index contributed by atoms with van der Waals surface area (Å²) < 4.78 is 6.90. The molecule has 0 saturated carbocycles. The van der Waals surface area contributed by atoms with Gasteiger partial charge in [-0.2, -0.15) is 0 Å². The van der Waals surface area contributed by atoms with E-state index in [0.29, 0.717) is 0 Å². The van der Waals surface area contributed by atoms with Gasteiger partial charge in [0.05, 0.1) is 10.5 Å². The molecule has 1 N–H and O–H groups in total. The van der Waals surface area contributed by atoms with Gasteiger partial charge in [-0.3, -0.25) is 0 Å². The largest absolute Gasteiger partial charge is 0.458 e. The van der Waals surface area contributed by atoms with Crippen molar-refractivity contribution in [3.8, 4) is 0 Å². The van der Waals surface area contributed by atoms with E-state index in [4.69, 9.17) is 4.42 Å². The number of benzene rings is 1. The van der Waals surface area contributed by atoms with Gasteiger partial charge < -0.3 is 9.73 Å². The molecule has 1 aromatic carbocycles. The summed E-state index contributed by atoms with van der Waals surface area (Å²) in [5.74, 6) is 0.966. The molecule has 1 unspecified atom stereocenters. The lowest BCUT2D eigenvalue weighted by atomic mass is 10.1. The van der Waals surface area contributed by atoms with E-state index in [1.807, 2.05) is 18.2 Å². The second-order valence-electron chi connectivity index (χ2n) is 3.94. The Bertz CT molecular complexity index is 518. The van der Waals surface area contributed by atoms with Gasteiger partial charge in [0.2, 0.25) is 0 Å². The highest BCUT2D eigenvalue weighted by molar-refractivity contribution is 9.10. The average Bonchev–Trinajstić information content (AvgIpc) is 2.74. The van der Waals surface area contributed by atoms with Gasteiger partial charge in [-0.15, -0.1) is 6.58 Å². The molecule has 2 aromatic rings. The number of hydrogen-bond acceptors (Lipinski definition) is 2. The van der Waals surface area contributed by atoms with Crippen molar-refractivity contribution >= 4 is 26.9 Å². The summed E-state index contributed by atoms with van der Waals surface area (Å²) >= 11 is 3.50. The van der Waals surface area contributed by atoms with E-state index in [2.05, 4.69) is 46.9 Å². The molecule has 0 bridgehead atoms. The lowest BCUT2D eigenvalue weighted by molar-refractivity contribution is 0.439. The smallest absolute Gasteiger partial charge is 0.148 e. The van der Waals surface area contributed by atoms with Gasteiger partial charge in [0, 0.05) is 5.39 Å². The van der Waals surface area contributed by atoms with E-state index < -0.39 is 0 Å². The lowest BCUT2D eigenvalue weighted by Crippen LogP contribution is -2.19. The Hall–Kier alpha value is -1.06. The minimum Gasteiger partial charge on any atom is -0.458 e. The van der Waals surface area contributed by atoms with Crippen molar-refractivity contribution < 1.29 is 4.42 Å². The summed E-state index contributed by atoms with van der Waals surface area (Å²) in [5.41, 5.74) is 0.912. The number of rotatable bonds is 5. The molecule has 0 aliphatic carbocycles. The van der Waals surface area contributed by atoms with Crippen molar-refractivity contribution in [2.24, 2.45) is 0 Å². The summed E-state index contributed by atoms with van der Waals surface area (Å²) in [6.07, 6.45) is 2.78. The van der Waals surface area contributed by atoms with Crippen LogP contribution in [0.3, 0.4) is 0 Å². The first-order chi connectivity index (χ1) is 8.26. The maximum Gasteiger partial charge on any atom is 0.148 e. The van der Waals surface area contributed by atoms with Gasteiger partial charge in [-0.25, -0.2) is 0 Å². The summed E-state index contributed by atoms with van der Waals surface area (Å²) in [4.78, 5) is 0. The van der Waals surface area contributed by atoms with Crippen LogP contribution < -0.4 is 5.32 Å². The predicted molar refractivity (Wildman–Crippen MR) is 75.1 cm³/mol. The van der Waals surface area contributed by atoms with Gasteiger partial charge in [0.15, 0.2) is 0 Å². The molecule has 2 rings (SSSR count). The van der Waals surface area contributed by atoms with Crippen LogP contribution in [0.2, 0.25) is 0 Å². The highest BCUT2D eigenvalue weighted by Crippen LogP contribution is 2.30. The molecule has 90 valence electrons. The average molecular weight is 294 g/mol. The van der Waals surface area contributed by atoms with Gasteiger partial charge >= 0.3 is 0 Å². The molecule has 0 saturated heterocycles. The molecule has 3 heteroatoms. The zero-order chi connectivity index (χ0) is 12.3. The Balaban J connectivity index is 2.40. The van der Waals surface area contributed by atoms with Crippen LogP contribution in [0.4, 0.5) is 0 Å². The first-order valence-corrected chi connectivity index (χ1v) is 6.57. The van der Waals surface area contributed by atoms with Crippen LogP contribution in [0.5, 0.6) is 0 Å². The van der Waals surface area contributed by atoms with Crippen molar-refractivity contribution in [3.63, 3.8) is 0 Å². The maximum absolute atomic E-state index is 5.91. The van der Waals surface area contributed by atoms with Crippen molar-refractivity contribution in [1.29, 1.82) is 0 Å². The van der Waals surface area contributed by atoms with Gasteiger partial charge in [-0.1, -0.05) is 25.1 Å². The maximum atomic E-state index is 5.91. The van der Waals surface area contributed by atoms with Crippen LogP contribution in [-0.4, -0.2) is 6.54 Å². The summed E-state index contributed by atoms with van der Waals surface area (Å²) in [6, 6.07) is 8.37. The zero-order valence-corrected chi connectivity index (χ0v) is 11.5. The molecule has 17 heavy (non-hydrogen) atoms. The lowest BCUT2D eigenvalue weighted by Gasteiger charge is -2.12. The predicted octanol–water partition coefficient (Wildman–Crippen LogP) is 4.42. The molecule has 0 radical (unpaired) electrons. The van der Waals surface area contributed by atoms with Gasteiger partial charge in [0.25, 0.3) is 0 Å². The van der Waals surface area contributed by atoms with Crippen molar-refractivity contribution in [2.75, 3.05) is 6.54 Å². The zero-order valence-electron chi connectivity index (χ0n) is 9.87. The third-order valence-electron chi connectivity index (χ3n) is 2.71. The Morgan fingerprint density at radius 2 is 2.35 bits per heavy atom. The fourth-order valence-corrected chi connectivity index (χ4v) is 2.39. The molecule has 2 nitrogen and oxygen atoms in total. The topological polar surface area (TPSA) is 25.2 Å². The Morgan fingerprint density at radius 3 is 3.00 bits per heavy atom. The second kappa shape index (κ2) is 5.52. The third kappa shape index (κ3) is 2.61. The molecule has 1 heterocycles. The quantitative estimate of drug-likeness (QED) is 0.826. The normalized spacial score (nSPS) is 12.8. The van der Waals surface area contributed by atoms with E-state index in [-0.39, 0.29) is 6.04 Å². The number of furan rings is 1. The highest BCUT2D eigenvalue weighted by Gasteiger charge is 2.14. The standard InChI is InChI=1S/C14H16BrNO/c1-3-6-12(16-4-2)13-9-10-7-5-8-11(15)14(10)17-13/h3,5,7-9,12,16H,1,4,6H2,2H3. The fraction of sp³-hybridized carbons (Fsp3) is 0.286. The van der Waals surface area contributed by atoms with Crippen molar-refractivity contribution in [1.82, 2.24) is 5.32 Å². The Labute approximate surface area is 110 Å². The SMILES string of the molecule is C=CCC(NCC)c1cc2cccc(Br)c2o1. The van der Waals surface area contributed by atoms with Crippen LogP contribution in [0.25, 0.3) is 11.0 Å². The molecule has 1 atom stereocenters. The van der Waals surface area contributed by atoms with E-state index in [1.54, 1.807) is 0 Å².